The number of para-hydroxylation sites is 1. The summed E-state index contributed by atoms with van der Waals surface area (Å²) < 4.78 is 5.41. The molecule has 2 N–H and O–H groups in total. The van der Waals surface area contributed by atoms with Gasteiger partial charge in [0.1, 0.15) is 5.82 Å². The van der Waals surface area contributed by atoms with E-state index in [0.29, 0.717) is 23.0 Å². The van der Waals surface area contributed by atoms with Gasteiger partial charge >= 0.3 is 0 Å². The highest BCUT2D eigenvalue weighted by Crippen LogP contribution is 2.27. The standard InChI is InChI=1S/C26H26ClN3O3/c27-22-17-20(13-14-24(31)30-33-25-12-6-7-15-32-25)18-28-26(22)29-23-11-5-4-10-21(23)16-19-8-2-1-3-9-19/h1-5,8-11,13-14,17-18,25H,6-7,12,15-16H2,(H,28,29)(H,30,31). The molecule has 1 saturated heterocycles. The summed E-state index contributed by atoms with van der Waals surface area (Å²) in [6.07, 6.45) is 7.89. The summed E-state index contributed by atoms with van der Waals surface area (Å²) in [6.45, 7) is 0.650. The molecular weight excluding hydrogens is 438 g/mol. The molecule has 3 aromatic rings. The molecule has 170 valence electrons. The van der Waals surface area contributed by atoms with Crippen molar-refractivity contribution >= 4 is 35.1 Å². The molecule has 0 radical (unpaired) electrons. The number of benzene rings is 2. The van der Waals surface area contributed by atoms with Gasteiger partial charge in [-0.3, -0.25) is 4.79 Å². The van der Waals surface area contributed by atoms with Gasteiger partial charge < -0.3 is 10.1 Å². The van der Waals surface area contributed by atoms with Crippen LogP contribution in [0.15, 0.2) is 72.9 Å². The molecule has 0 spiro atoms. The number of nitrogens with zero attached hydrogens (tertiary/aromatic N) is 1. The van der Waals surface area contributed by atoms with Gasteiger partial charge in [0.15, 0.2) is 6.29 Å². The van der Waals surface area contributed by atoms with Crippen molar-refractivity contribution in [1.82, 2.24) is 10.5 Å². The van der Waals surface area contributed by atoms with Crippen LogP contribution in [0.2, 0.25) is 5.02 Å². The van der Waals surface area contributed by atoms with Gasteiger partial charge in [-0.05, 0) is 54.2 Å². The number of carbonyl (C=O) groups excluding carboxylic acids is 1. The fraction of sp³-hybridized carbons (Fsp3) is 0.231. The Morgan fingerprint density at radius 3 is 2.76 bits per heavy atom. The van der Waals surface area contributed by atoms with Gasteiger partial charge in [0, 0.05) is 31.0 Å². The fourth-order valence-corrected chi connectivity index (χ4v) is 3.73. The number of pyridine rings is 1. The molecule has 2 heterocycles. The first kappa shape index (κ1) is 23.0. The van der Waals surface area contributed by atoms with Crippen molar-refractivity contribution in [3.8, 4) is 0 Å². The summed E-state index contributed by atoms with van der Waals surface area (Å²) >= 11 is 6.47. The van der Waals surface area contributed by atoms with Crippen molar-refractivity contribution in [2.75, 3.05) is 11.9 Å². The van der Waals surface area contributed by atoms with E-state index in [0.717, 1.165) is 36.9 Å². The number of nitrogens with one attached hydrogen (secondary N) is 2. The molecule has 1 amide bonds. The van der Waals surface area contributed by atoms with Gasteiger partial charge in [-0.2, -0.15) is 0 Å². The van der Waals surface area contributed by atoms with Crippen molar-refractivity contribution in [2.24, 2.45) is 0 Å². The SMILES string of the molecule is O=C(C=Cc1cnc(Nc2ccccc2Cc2ccccc2)c(Cl)c1)NOC1CCCCO1. The Morgan fingerprint density at radius 2 is 1.97 bits per heavy atom. The zero-order valence-corrected chi connectivity index (χ0v) is 18.9. The van der Waals surface area contributed by atoms with Gasteiger partial charge in [-0.15, -0.1) is 0 Å². The highest BCUT2D eigenvalue weighted by atomic mass is 35.5. The molecule has 0 bridgehead atoms. The minimum Gasteiger partial charge on any atom is -0.350 e. The summed E-state index contributed by atoms with van der Waals surface area (Å²) in [5.41, 5.74) is 6.41. The number of carbonyl (C=O) groups is 1. The lowest BCUT2D eigenvalue weighted by Crippen LogP contribution is -2.32. The Balaban J connectivity index is 1.37. The quantitative estimate of drug-likeness (QED) is 0.333. The van der Waals surface area contributed by atoms with Crippen LogP contribution in [0.25, 0.3) is 6.08 Å². The summed E-state index contributed by atoms with van der Waals surface area (Å²) in [5.74, 6) is 0.175. The third-order valence-corrected chi connectivity index (χ3v) is 5.51. The van der Waals surface area contributed by atoms with E-state index in [-0.39, 0.29) is 12.2 Å². The molecule has 2 aromatic carbocycles. The number of aromatic nitrogens is 1. The number of rotatable bonds is 8. The van der Waals surface area contributed by atoms with Gasteiger partial charge in [-0.1, -0.05) is 60.1 Å². The van der Waals surface area contributed by atoms with Crippen LogP contribution in [0.5, 0.6) is 0 Å². The van der Waals surface area contributed by atoms with E-state index >= 15 is 0 Å². The van der Waals surface area contributed by atoms with Crippen LogP contribution in [0.1, 0.15) is 36.0 Å². The molecular formula is C26H26ClN3O3. The van der Waals surface area contributed by atoms with E-state index in [1.54, 1.807) is 18.3 Å². The molecule has 33 heavy (non-hydrogen) atoms. The second kappa shape index (κ2) is 11.6. The van der Waals surface area contributed by atoms with E-state index in [2.05, 4.69) is 34.0 Å². The zero-order chi connectivity index (χ0) is 22.9. The highest BCUT2D eigenvalue weighted by molar-refractivity contribution is 6.33. The Labute approximate surface area is 198 Å². The molecule has 1 atom stereocenters. The van der Waals surface area contributed by atoms with E-state index in [9.17, 15) is 4.79 Å². The second-order valence-electron chi connectivity index (χ2n) is 7.76. The van der Waals surface area contributed by atoms with E-state index in [1.165, 1.54) is 11.6 Å². The Hall–Kier alpha value is -3.19. The van der Waals surface area contributed by atoms with Crippen molar-refractivity contribution < 1.29 is 14.4 Å². The predicted molar refractivity (Wildman–Crippen MR) is 130 cm³/mol. The van der Waals surface area contributed by atoms with E-state index in [1.807, 2.05) is 36.4 Å². The Morgan fingerprint density at radius 1 is 1.15 bits per heavy atom. The number of ether oxygens (including phenoxy) is 1. The van der Waals surface area contributed by atoms with Gasteiger partial charge in [0.25, 0.3) is 5.91 Å². The number of hydroxylamine groups is 1. The Kier molecular flexibility index (Phi) is 8.09. The molecule has 0 aliphatic carbocycles. The van der Waals surface area contributed by atoms with Gasteiger partial charge in [0.05, 0.1) is 5.02 Å². The first-order valence-electron chi connectivity index (χ1n) is 11.0. The molecule has 7 heteroatoms. The van der Waals surface area contributed by atoms with Crippen LogP contribution < -0.4 is 10.8 Å². The largest absolute Gasteiger partial charge is 0.350 e. The first-order valence-corrected chi connectivity index (χ1v) is 11.3. The van der Waals surface area contributed by atoms with E-state index in [4.69, 9.17) is 21.2 Å². The lowest BCUT2D eigenvalue weighted by atomic mass is 10.0. The van der Waals surface area contributed by atoms with Crippen molar-refractivity contribution in [2.45, 2.75) is 32.0 Å². The van der Waals surface area contributed by atoms with Gasteiger partial charge in [0.2, 0.25) is 0 Å². The highest BCUT2D eigenvalue weighted by Gasteiger charge is 2.15. The average Bonchev–Trinajstić information content (AvgIpc) is 2.85. The normalized spacial score (nSPS) is 16.0. The van der Waals surface area contributed by atoms with Gasteiger partial charge in [-0.25, -0.2) is 15.3 Å². The van der Waals surface area contributed by atoms with Crippen LogP contribution in [0.3, 0.4) is 0 Å². The molecule has 1 unspecified atom stereocenters. The minimum absolute atomic E-state index is 0.377. The predicted octanol–water partition coefficient (Wildman–Crippen LogP) is 5.66. The topological polar surface area (TPSA) is 72.5 Å². The number of halogens is 1. The second-order valence-corrected chi connectivity index (χ2v) is 8.16. The Bertz CT molecular complexity index is 1100. The number of hydrogen-bond acceptors (Lipinski definition) is 5. The van der Waals surface area contributed by atoms with Crippen LogP contribution >= 0.6 is 11.6 Å². The third kappa shape index (κ3) is 6.89. The third-order valence-electron chi connectivity index (χ3n) is 5.23. The smallest absolute Gasteiger partial charge is 0.267 e. The molecule has 0 saturated carbocycles. The molecule has 4 rings (SSSR count). The summed E-state index contributed by atoms with van der Waals surface area (Å²) in [5, 5.41) is 3.79. The van der Waals surface area contributed by atoms with Crippen molar-refractivity contribution in [3.63, 3.8) is 0 Å². The average molecular weight is 464 g/mol. The maximum absolute atomic E-state index is 12.0. The minimum atomic E-state index is -0.387. The molecule has 1 aliphatic rings. The van der Waals surface area contributed by atoms with Crippen LogP contribution in [0.4, 0.5) is 11.5 Å². The summed E-state index contributed by atoms with van der Waals surface area (Å²) in [4.78, 5) is 21.7. The first-order chi connectivity index (χ1) is 16.2. The van der Waals surface area contributed by atoms with Crippen molar-refractivity contribution in [1.29, 1.82) is 0 Å². The zero-order valence-electron chi connectivity index (χ0n) is 18.2. The van der Waals surface area contributed by atoms with Crippen LogP contribution in [0, 0.1) is 0 Å². The van der Waals surface area contributed by atoms with Crippen LogP contribution in [-0.2, 0) is 20.8 Å². The number of anilines is 2. The summed E-state index contributed by atoms with van der Waals surface area (Å²) in [7, 11) is 0. The molecule has 1 aliphatic heterocycles. The number of amides is 1. The summed E-state index contributed by atoms with van der Waals surface area (Å²) in [6, 6.07) is 20.1. The number of hydrogen-bond donors (Lipinski definition) is 2. The maximum atomic E-state index is 12.0. The lowest BCUT2D eigenvalue weighted by molar-refractivity contribution is -0.198. The maximum Gasteiger partial charge on any atom is 0.267 e. The van der Waals surface area contributed by atoms with Crippen LogP contribution in [-0.4, -0.2) is 23.8 Å². The lowest BCUT2D eigenvalue weighted by Gasteiger charge is -2.21. The van der Waals surface area contributed by atoms with Crippen molar-refractivity contribution in [3.05, 3.63) is 94.6 Å². The molecule has 1 fully saturated rings. The van der Waals surface area contributed by atoms with E-state index < -0.39 is 0 Å². The monoisotopic (exact) mass is 463 g/mol. The fourth-order valence-electron chi connectivity index (χ4n) is 3.51. The molecule has 6 nitrogen and oxygen atoms in total. The molecule has 1 aromatic heterocycles.